The third-order valence-electron chi connectivity index (χ3n) is 3.60. The fourth-order valence-corrected chi connectivity index (χ4v) is 2.63. The van der Waals surface area contributed by atoms with Crippen molar-refractivity contribution in [1.29, 1.82) is 0 Å². The van der Waals surface area contributed by atoms with Gasteiger partial charge in [-0.05, 0) is 0 Å². The molecular formula is C11H12FN3O4. The number of esters is 1. The van der Waals surface area contributed by atoms with Gasteiger partial charge in [-0.25, -0.2) is 9.18 Å². The molecular weight excluding hydrogens is 257 g/mol. The number of nitrogens with two attached hydrogens (primary N) is 1. The predicted octanol–water partition coefficient (Wildman–Crippen LogP) is -0.329. The molecule has 2 fully saturated rings. The Morgan fingerprint density at radius 1 is 1.53 bits per heavy atom. The van der Waals surface area contributed by atoms with Crippen LogP contribution in [-0.4, -0.2) is 28.2 Å². The van der Waals surface area contributed by atoms with Crippen molar-refractivity contribution in [3.05, 3.63) is 22.5 Å². The van der Waals surface area contributed by atoms with Crippen molar-refractivity contribution in [2.24, 2.45) is 11.8 Å². The molecule has 3 heterocycles. The third-order valence-corrected chi connectivity index (χ3v) is 3.60. The number of rotatable bonds is 1. The van der Waals surface area contributed by atoms with Gasteiger partial charge in [-0.15, -0.1) is 0 Å². The molecule has 3 rings (SSSR count). The first-order valence-corrected chi connectivity index (χ1v) is 5.85. The third kappa shape index (κ3) is 1.71. The molecule has 2 aliphatic heterocycles. The van der Waals surface area contributed by atoms with Crippen molar-refractivity contribution in [2.45, 2.75) is 19.3 Å². The van der Waals surface area contributed by atoms with Crippen LogP contribution in [0.25, 0.3) is 0 Å². The summed E-state index contributed by atoms with van der Waals surface area (Å²) < 4.78 is 24.9. The summed E-state index contributed by atoms with van der Waals surface area (Å²) in [5, 5.41) is 0. The number of fused-ring (bicyclic) bond motifs is 1. The van der Waals surface area contributed by atoms with Crippen molar-refractivity contribution in [2.75, 3.05) is 12.3 Å². The number of hydrogen-bond acceptors (Lipinski definition) is 6. The molecule has 2 N–H and O–H groups in total. The van der Waals surface area contributed by atoms with Crippen molar-refractivity contribution < 1.29 is 18.7 Å². The summed E-state index contributed by atoms with van der Waals surface area (Å²) in [7, 11) is 0. The van der Waals surface area contributed by atoms with Crippen LogP contribution in [0, 0.1) is 17.7 Å². The summed E-state index contributed by atoms with van der Waals surface area (Å²) in [6.45, 7) is 1.91. The van der Waals surface area contributed by atoms with Gasteiger partial charge in [0.1, 0.15) is 18.9 Å². The van der Waals surface area contributed by atoms with Gasteiger partial charge in [0.2, 0.25) is 0 Å². The van der Waals surface area contributed by atoms with Gasteiger partial charge in [0.25, 0.3) is 0 Å². The van der Waals surface area contributed by atoms with Crippen molar-refractivity contribution >= 4 is 11.8 Å². The highest BCUT2D eigenvalue weighted by Gasteiger charge is 2.52. The smallest absolute Gasteiger partial charge is 0.351 e. The molecule has 0 amide bonds. The molecule has 0 aliphatic carbocycles. The number of aromatic nitrogens is 2. The van der Waals surface area contributed by atoms with Crippen LogP contribution in [0.1, 0.15) is 13.2 Å². The monoisotopic (exact) mass is 269 g/mol. The van der Waals surface area contributed by atoms with E-state index >= 15 is 0 Å². The Morgan fingerprint density at radius 2 is 2.26 bits per heavy atom. The number of nitrogens with zero attached hydrogens (tertiary/aromatic N) is 2. The number of anilines is 1. The second kappa shape index (κ2) is 4.02. The highest BCUT2D eigenvalue weighted by Crippen LogP contribution is 2.42. The number of ether oxygens (including phenoxy) is 2. The van der Waals surface area contributed by atoms with Crippen LogP contribution < -0.4 is 11.4 Å². The first kappa shape index (κ1) is 12.1. The summed E-state index contributed by atoms with van der Waals surface area (Å²) in [4.78, 5) is 26.7. The van der Waals surface area contributed by atoms with E-state index in [-0.39, 0.29) is 18.5 Å². The predicted molar refractivity (Wildman–Crippen MR) is 60.4 cm³/mol. The molecule has 7 nitrogen and oxygen atoms in total. The molecule has 1 aromatic heterocycles. The molecule has 4 atom stereocenters. The standard InChI is InChI=1S/C11H12FN3O4/c1-4-7-6(3-18-10(7)16)19-9(4)15-2-5(12)8(13)14-11(15)17/h2,4,6-7,9H,3H2,1H3,(H2,13,14,17). The van der Waals surface area contributed by atoms with E-state index in [1.165, 1.54) is 0 Å². The van der Waals surface area contributed by atoms with Gasteiger partial charge in [-0.1, -0.05) is 6.92 Å². The lowest BCUT2D eigenvalue weighted by Gasteiger charge is -2.19. The Balaban J connectivity index is 1.98. The molecule has 8 heteroatoms. The molecule has 4 unspecified atom stereocenters. The zero-order chi connectivity index (χ0) is 13.7. The Bertz CT molecular complexity index is 602. The lowest BCUT2D eigenvalue weighted by atomic mass is 9.93. The van der Waals surface area contributed by atoms with E-state index in [9.17, 15) is 14.0 Å². The quantitative estimate of drug-likeness (QED) is 0.701. The van der Waals surface area contributed by atoms with Crippen LogP contribution in [0.2, 0.25) is 0 Å². The average Bonchev–Trinajstić information content (AvgIpc) is 2.86. The maximum absolute atomic E-state index is 13.4. The molecule has 0 spiro atoms. The van der Waals surface area contributed by atoms with Crippen LogP contribution >= 0.6 is 0 Å². The Hall–Kier alpha value is -1.96. The molecule has 0 bridgehead atoms. The Labute approximate surface area is 107 Å². The average molecular weight is 269 g/mol. The summed E-state index contributed by atoms with van der Waals surface area (Å²) in [6.07, 6.45) is -0.184. The number of cyclic esters (lactones) is 1. The number of nitrogen functional groups attached to an aromatic ring is 1. The van der Waals surface area contributed by atoms with Gasteiger partial charge >= 0.3 is 11.7 Å². The Kier molecular flexibility index (Phi) is 2.56. The fourth-order valence-electron chi connectivity index (χ4n) is 2.63. The zero-order valence-corrected chi connectivity index (χ0v) is 10.1. The number of carbonyl (C=O) groups excluding carboxylic acids is 1. The maximum Gasteiger partial charge on any atom is 0.351 e. The Morgan fingerprint density at radius 3 is 2.95 bits per heavy atom. The first-order valence-electron chi connectivity index (χ1n) is 5.85. The topological polar surface area (TPSA) is 96.4 Å². The highest BCUT2D eigenvalue weighted by molar-refractivity contribution is 5.76. The van der Waals surface area contributed by atoms with E-state index in [1.807, 2.05) is 0 Å². The first-order chi connectivity index (χ1) is 8.99. The van der Waals surface area contributed by atoms with Crippen LogP contribution in [0.15, 0.2) is 11.0 Å². The van der Waals surface area contributed by atoms with Crippen molar-refractivity contribution in [3.63, 3.8) is 0 Å². The second-order valence-electron chi connectivity index (χ2n) is 4.74. The van der Waals surface area contributed by atoms with Gasteiger partial charge in [0.15, 0.2) is 11.6 Å². The van der Waals surface area contributed by atoms with Gasteiger partial charge in [0.05, 0.1) is 12.1 Å². The maximum atomic E-state index is 13.4. The van der Waals surface area contributed by atoms with E-state index in [2.05, 4.69) is 4.98 Å². The normalized spacial score (nSPS) is 33.3. The second-order valence-corrected chi connectivity index (χ2v) is 4.74. The lowest BCUT2D eigenvalue weighted by Crippen LogP contribution is -2.32. The summed E-state index contributed by atoms with van der Waals surface area (Å²) >= 11 is 0. The minimum atomic E-state index is -0.796. The van der Waals surface area contributed by atoms with E-state index < -0.39 is 35.6 Å². The van der Waals surface area contributed by atoms with Crippen LogP contribution in [0.5, 0.6) is 0 Å². The molecule has 0 aromatic carbocycles. The number of carbonyl (C=O) groups is 1. The largest absolute Gasteiger partial charge is 0.463 e. The minimum absolute atomic E-state index is 0.157. The molecule has 2 aliphatic rings. The SMILES string of the molecule is CC1C2C(=O)OCC2OC1n1cc(F)c(N)nc1=O. The molecule has 0 saturated carbocycles. The highest BCUT2D eigenvalue weighted by atomic mass is 19.1. The van der Waals surface area contributed by atoms with E-state index in [4.69, 9.17) is 15.2 Å². The van der Waals surface area contributed by atoms with E-state index in [1.54, 1.807) is 6.92 Å². The molecule has 102 valence electrons. The number of hydrogen-bond donors (Lipinski definition) is 1. The molecule has 19 heavy (non-hydrogen) atoms. The van der Waals surface area contributed by atoms with Gasteiger partial charge < -0.3 is 15.2 Å². The summed E-state index contributed by atoms with van der Waals surface area (Å²) in [5.41, 5.74) is 4.52. The fraction of sp³-hybridized carbons (Fsp3) is 0.545. The minimum Gasteiger partial charge on any atom is -0.463 e. The van der Waals surface area contributed by atoms with Gasteiger partial charge in [-0.3, -0.25) is 9.36 Å². The van der Waals surface area contributed by atoms with Crippen molar-refractivity contribution in [1.82, 2.24) is 9.55 Å². The van der Waals surface area contributed by atoms with Gasteiger partial charge in [-0.2, -0.15) is 4.98 Å². The van der Waals surface area contributed by atoms with Crippen molar-refractivity contribution in [3.8, 4) is 0 Å². The van der Waals surface area contributed by atoms with Gasteiger partial charge in [0, 0.05) is 5.92 Å². The number of halogens is 1. The van der Waals surface area contributed by atoms with Crippen LogP contribution in [-0.2, 0) is 14.3 Å². The molecule has 1 aromatic rings. The van der Waals surface area contributed by atoms with E-state index in [0.717, 1.165) is 10.8 Å². The summed E-state index contributed by atoms with van der Waals surface area (Å²) in [6, 6.07) is 0. The van der Waals surface area contributed by atoms with E-state index in [0.29, 0.717) is 0 Å². The zero-order valence-electron chi connectivity index (χ0n) is 10.1. The summed E-state index contributed by atoms with van der Waals surface area (Å²) in [5.74, 6) is -2.33. The molecule has 0 radical (unpaired) electrons. The lowest BCUT2D eigenvalue weighted by molar-refractivity contribution is -0.143. The molecule has 2 saturated heterocycles. The van der Waals surface area contributed by atoms with Crippen LogP contribution in [0.3, 0.4) is 0 Å². The van der Waals surface area contributed by atoms with Crippen LogP contribution in [0.4, 0.5) is 10.2 Å².